The second kappa shape index (κ2) is 13.7. The number of hydrogen-bond donors (Lipinski definition) is 0. The van der Waals surface area contributed by atoms with Crippen LogP contribution in [0.1, 0.15) is 36.3 Å². The molecule has 43 heavy (non-hydrogen) atoms. The second-order valence-electron chi connectivity index (χ2n) is 10.3. The van der Waals surface area contributed by atoms with E-state index in [-0.39, 0.29) is 11.5 Å². The summed E-state index contributed by atoms with van der Waals surface area (Å²) >= 11 is 3.65. The molecular formula is C35H34BrN3O4. The molecule has 4 aromatic carbocycles. The van der Waals surface area contributed by atoms with Gasteiger partial charge >= 0.3 is 0 Å². The van der Waals surface area contributed by atoms with Crippen LogP contribution in [0.25, 0.3) is 16.6 Å². The van der Waals surface area contributed by atoms with Crippen molar-refractivity contribution in [3.63, 3.8) is 0 Å². The van der Waals surface area contributed by atoms with Crippen LogP contribution < -0.4 is 15.0 Å². The molecule has 0 fully saturated rings. The van der Waals surface area contributed by atoms with Crippen molar-refractivity contribution in [2.24, 2.45) is 0 Å². The zero-order valence-corrected chi connectivity index (χ0v) is 26.1. The molecule has 0 aliphatic carbocycles. The lowest BCUT2D eigenvalue weighted by molar-refractivity contribution is -0.133. The van der Waals surface area contributed by atoms with E-state index in [9.17, 15) is 9.59 Å². The van der Waals surface area contributed by atoms with E-state index in [1.165, 1.54) is 0 Å². The highest BCUT2D eigenvalue weighted by Gasteiger charge is 2.28. The number of ether oxygens (including phenoxy) is 2. The van der Waals surface area contributed by atoms with Gasteiger partial charge in [0.15, 0.2) is 0 Å². The summed E-state index contributed by atoms with van der Waals surface area (Å²) in [6.45, 7) is 2.40. The molecule has 8 heteroatoms. The Kier molecular flexibility index (Phi) is 9.57. The van der Waals surface area contributed by atoms with E-state index in [1.807, 2.05) is 78.6 Å². The molecule has 5 aromatic rings. The first-order chi connectivity index (χ1) is 20.9. The number of rotatable bonds is 11. The van der Waals surface area contributed by atoms with Gasteiger partial charge in [-0.05, 0) is 59.0 Å². The number of aromatic nitrogens is 2. The number of amides is 1. The number of hydrogen-bond acceptors (Lipinski definition) is 5. The van der Waals surface area contributed by atoms with Crippen molar-refractivity contribution >= 4 is 32.7 Å². The van der Waals surface area contributed by atoms with Crippen molar-refractivity contribution in [1.82, 2.24) is 14.5 Å². The first-order valence-electron chi connectivity index (χ1n) is 14.2. The van der Waals surface area contributed by atoms with Crippen molar-refractivity contribution < 1.29 is 14.3 Å². The predicted octanol–water partition coefficient (Wildman–Crippen LogP) is 6.93. The number of benzene rings is 4. The lowest BCUT2D eigenvalue weighted by Crippen LogP contribution is -2.39. The molecule has 5 rings (SSSR count). The van der Waals surface area contributed by atoms with Gasteiger partial charge in [-0.25, -0.2) is 4.98 Å². The van der Waals surface area contributed by atoms with Crippen molar-refractivity contribution in [3.05, 3.63) is 129 Å². The number of fused-ring (bicyclic) bond motifs is 1. The molecule has 1 amide bonds. The number of halogens is 1. The SMILES string of the molecule is COc1cc(OC)c(Br)c(-n2c(C(C)N(CCc3ccccc3)C(=O)CCc3ccccc3)nc3ccccc3c2=O)c1. The molecule has 1 unspecified atom stereocenters. The summed E-state index contributed by atoms with van der Waals surface area (Å²) in [6, 6.07) is 30.3. The summed E-state index contributed by atoms with van der Waals surface area (Å²) in [5.41, 5.74) is 3.06. The molecule has 0 N–H and O–H groups in total. The molecule has 0 saturated heterocycles. The Balaban J connectivity index is 1.63. The average molecular weight is 641 g/mol. The van der Waals surface area contributed by atoms with Crippen LogP contribution in [0.15, 0.2) is 106 Å². The van der Waals surface area contributed by atoms with Gasteiger partial charge in [0.05, 0.1) is 41.3 Å². The third-order valence-corrected chi connectivity index (χ3v) is 8.40. The van der Waals surface area contributed by atoms with E-state index < -0.39 is 6.04 Å². The van der Waals surface area contributed by atoms with Gasteiger partial charge in [-0.3, -0.25) is 14.2 Å². The van der Waals surface area contributed by atoms with Crippen molar-refractivity contribution in [1.29, 1.82) is 0 Å². The molecule has 0 bridgehead atoms. The molecule has 1 aromatic heterocycles. The maximum Gasteiger partial charge on any atom is 0.266 e. The van der Waals surface area contributed by atoms with Crippen LogP contribution in [0, 0.1) is 0 Å². The molecule has 220 valence electrons. The van der Waals surface area contributed by atoms with Gasteiger partial charge in [0.2, 0.25) is 5.91 Å². The quantitative estimate of drug-likeness (QED) is 0.157. The van der Waals surface area contributed by atoms with Crippen LogP contribution in [0.2, 0.25) is 0 Å². The molecule has 0 saturated carbocycles. The summed E-state index contributed by atoms with van der Waals surface area (Å²) in [6.07, 6.45) is 1.61. The zero-order chi connectivity index (χ0) is 30.3. The van der Waals surface area contributed by atoms with Crippen LogP contribution in [-0.2, 0) is 17.6 Å². The second-order valence-corrected chi connectivity index (χ2v) is 11.1. The van der Waals surface area contributed by atoms with E-state index in [0.717, 1.165) is 11.1 Å². The fourth-order valence-electron chi connectivity index (χ4n) is 5.26. The van der Waals surface area contributed by atoms with Crippen LogP contribution in [0.5, 0.6) is 11.5 Å². The maximum absolute atomic E-state index is 14.2. The van der Waals surface area contributed by atoms with E-state index in [2.05, 4.69) is 28.1 Å². The normalized spacial score (nSPS) is 11.7. The van der Waals surface area contributed by atoms with Crippen LogP contribution in [0.4, 0.5) is 0 Å². The van der Waals surface area contributed by atoms with Crippen molar-refractivity contribution in [3.8, 4) is 17.2 Å². The Morgan fingerprint density at radius 2 is 1.51 bits per heavy atom. The van der Waals surface area contributed by atoms with Crippen LogP contribution in [0.3, 0.4) is 0 Å². The highest BCUT2D eigenvalue weighted by molar-refractivity contribution is 9.10. The average Bonchev–Trinajstić information content (AvgIpc) is 3.05. The van der Waals surface area contributed by atoms with Crippen LogP contribution in [-0.4, -0.2) is 41.1 Å². The predicted molar refractivity (Wildman–Crippen MR) is 173 cm³/mol. The number of nitrogens with zero attached hydrogens (tertiary/aromatic N) is 3. The van der Waals surface area contributed by atoms with E-state index >= 15 is 0 Å². The monoisotopic (exact) mass is 639 g/mol. The first-order valence-corrected chi connectivity index (χ1v) is 15.0. The highest BCUT2D eigenvalue weighted by atomic mass is 79.9. The molecule has 0 aliphatic heterocycles. The number of carbonyl (C=O) groups is 1. The van der Waals surface area contributed by atoms with E-state index in [0.29, 0.717) is 64.2 Å². The van der Waals surface area contributed by atoms with Crippen molar-refractivity contribution in [2.45, 2.75) is 32.2 Å². The minimum Gasteiger partial charge on any atom is -0.497 e. The molecular weight excluding hydrogens is 606 g/mol. The molecule has 0 radical (unpaired) electrons. The Hall–Kier alpha value is -4.43. The lowest BCUT2D eigenvalue weighted by atomic mass is 10.1. The summed E-state index contributed by atoms with van der Waals surface area (Å²) in [5, 5.41) is 0.471. The standard InChI is InChI=1S/C35H34BrN3O4/c1-24(38(21-20-26-14-8-5-9-15-26)32(40)19-18-25-12-6-4-7-13-25)34-37-29-17-11-10-16-28(29)35(41)39(34)30-22-27(42-2)23-31(43-3)33(30)36/h4-17,22-24H,18-21H2,1-3H3. The fraction of sp³-hybridized carbons (Fsp3) is 0.229. The highest BCUT2D eigenvalue weighted by Crippen LogP contribution is 2.37. The fourth-order valence-corrected chi connectivity index (χ4v) is 5.83. The Labute approximate surface area is 259 Å². The molecule has 1 atom stereocenters. The van der Waals surface area contributed by atoms with Gasteiger partial charge < -0.3 is 14.4 Å². The van der Waals surface area contributed by atoms with Gasteiger partial charge in [-0.15, -0.1) is 0 Å². The Bertz CT molecular complexity index is 1770. The van der Waals surface area contributed by atoms with Gasteiger partial charge in [0.1, 0.15) is 17.3 Å². The summed E-state index contributed by atoms with van der Waals surface area (Å²) in [4.78, 5) is 35.0. The number of aryl methyl sites for hydroxylation is 1. The van der Waals surface area contributed by atoms with E-state index in [1.54, 1.807) is 37.0 Å². The Morgan fingerprint density at radius 3 is 2.16 bits per heavy atom. The minimum atomic E-state index is -0.534. The molecule has 7 nitrogen and oxygen atoms in total. The molecule has 0 spiro atoms. The largest absolute Gasteiger partial charge is 0.497 e. The topological polar surface area (TPSA) is 73.7 Å². The minimum absolute atomic E-state index is 0.0106. The van der Waals surface area contributed by atoms with Crippen LogP contribution >= 0.6 is 15.9 Å². The molecule has 0 aliphatic rings. The number of methoxy groups -OCH3 is 2. The lowest BCUT2D eigenvalue weighted by Gasteiger charge is -2.31. The number of para-hydroxylation sites is 1. The maximum atomic E-state index is 14.2. The summed E-state index contributed by atoms with van der Waals surface area (Å²) in [7, 11) is 3.12. The Morgan fingerprint density at radius 1 is 0.884 bits per heavy atom. The number of carbonyl (C=O) groups excluding carboxylic acids is 1. The van der Waals surface area contributed by atoms with Crippen molar-refractivity contribution in [2.75, 3.05) is 20.8 Å². The van der Waals surface area contributed by atoms with Gasteiger partial charge in [-0.2, -0.15) is 0 Å². The zero-order valence-electron chi connectivity index (χ0n) is 24.5. The third kappa shape index (κ3) is 6.65. The van der Waals surface area contributed by atoms with E-state index in [4.69, 9.17) is 14.5 Å². The van der Waals surface area contributed by atoms with Gasteiger partial charge in [0.25, 0.3) is 5.56 Å². The van der Waals surface area contributed by atoms with Gasteiger partial charge in [-0.1, -0.05) is 72.8 Å². The molecule has 1 heterocycles. The summed E-state index contributed by atoms with van der Waals surface area (Å²) in [5.74, 6) is 1.46. The third-order valence-electron chi connectivity index (χ3n) is 7.61. The smallest absolute Gasteiger partial charge is 0.266 e. The first kappa shape index (κ1) is 30.0. The van der Waals surface area contributed by atoms with Gasteiger partial charge in [0, 0.05) is 25.1 Å². The summed E-state index contributed by atoms with van der Waals surface area (Å²) < 4.78 is 13.3.